The molecule has 0 aliphatic rings. The number of carbonyl (C=O) groups is 1. The monoisotopic (exact) mass is 253 g/mol. The summed E-state index contributed by atoms with van der Waals surface area (Å²) in [5, 5.41) is -0.232. The molecule has 1 atom stereocenters. The molecule has 0 spiro atoms. The number of hydrazine groups is 1. The number of carbonyl (C=O) groups excluding carboxylic acids is 1. The maximum absolute atomic E-state index is 11.7. The maximum atomic E-state index is 11.7. The van der Waals surface area contributed by atoms with Crippen LogP contribution < -0.4 is 17.0 Å². The Kier molecular flexibility index (Phi) is 4.84. The first-order valence-corrected chi connectivity index (χ1v) is 6.37. The van der Waals surface area contributed by atoms with Crippen LogP contribution in [0.4, 0.5) is 5.69 Å². The highest BCUT2D eigenvalue weighted by Gasteiger charge is 2.23. The van der Waals surface area contributed by atoms with Gasteiger partial charge in [-0.2, -0.15) is 0 Å². The first-order chi connectivity index (χ1) is 7.97. The Morgan fingerprint density at radius 2 is 2.06 bits per heavy atom. The third kappa shape index (κ3) is 3.38. The zero-order valence-corrected chi connectivity index (χ0v) is 11.2. The van der Waals surface area contributed by atoms with Crippen molar-refractivity contribution in [1.29, 1.82) is 0 Å². The van der Waals surface area contributed by atoms with Crippen LogP contribution in [-0.4, -0.2) is 11.2 Å². The van der Waals surface area contributed by atoms with Gasteiger partial charge < -0.3 is 5.73 Å². The smallest absolute Gasteiger partial charge is 0.247 e. The zero-order valence-electron chi connectivity index (χ0n) is 10.4. The Bertz CT molecular complexity index is 407. The molecule has 4 nitrogen and oxygen atoms in total. The van der Waals surface area contributed by atoms with Crippen LogP contribution in [0.15, 0.2) is 23.1 Å². The fraction of sp³-hybridized carbons (Fsp3) is 0.417. The summed E-state index contributed by atoms with van der Waals surface area (Å²) in [6.07, 6.45) is 0. The largest absolute Gasteiger partial charge is 0.398 e. The van der Waals surface area contributed by atoms with Crippen LogP contribution >= 0.6 is 11.8 Å². The highest BCUT2D eigenvalue weighted by Crippen LogP contribution is 2.33. The predicted molar refractivity (Wildman–Crippen MR) is 72.4 cm³/mol. The summed E-state index contributed by atoms with van der Waals surface area (Å²) in [5.41, 5.74) is 9.94. The lowest BCUT2D eigenvalue weighted by Crippen LogP contribution is -2.39. The van der Waals surface area contributed by atoms with E-state index in [1.54, 1.807) is 0 Å². The predicted octanol–water partition coefficient (Wildman–Crippen LogP) is 1.68. The molecule has 0 heterocycles. The molecule has 1 amide bonds. The quantitative estimate of drug-likeness (QED) is 0.251. The van der Waals surface area contributed by atoms with Crippen LogP contribution in [0.2, 0.25) is 0 Å². The van der Waals surface area contributed by atoms with Gasteiger partial charge in [-0.3, -0.25) is 10.2 Å². The number of nitrogens with one attached hydrogen (secondary N) is 1. The van der Waals surface area contributed by atoms with Gasteiger partial charge in [-0.05, 0) is 24.5 Å². The van der Waals surface area contributed by atoms with Crippen LogP contribution in [-0.2, 0) is 4.79 Å². The van der Waals surface area contributed by atoms with E-state index in [-0.39, 0.29) is 17.1 Å². The Balaban J connectivity index is 2.94. The maximum Gasteiger partial charge on any atom is 0.247 e. The number of nitrogen functional groups attached to an aromatic ring is 1. The third-order valence-electron chi connectivity index (χ3n) is 2.54. The first kappa shape index (κ1) is 13.9. The van der Waals surface area contributed by atoms with Gasteiger partial charge >= 0.3 is 0 Å². The average Bonchev–Trinajstić information content (AvgIpc) is 2.29. The summed E-state index contributed by atoms with van der Waals surface area (Å²) in [7, 11) is 0. The number of benzene rings is 1. The lowest BCUT2D eigenvalue weighted by Gasteiger charge is -2.19. The summed E-state index contributed by atoms with van der Waals surface area (Å²) in [5.74, 6) is 5.20. The van der Waals surface area contributed by atoms with Gasteiger partial charge in [0.15, 0.2) is 0 Å². The number of hydrogen-bond donors (Lipinski definition) is 3. The molecular formula is C12H19N3OS. The lowest BCUT2D eigenvalue weighted by atomic mass is 10.1. The number of hydrogen-bond acceptors (Lipinski definition) is 4. The topological polar surface area (TPSA) is 81.1 Å². The zero-order chi connectivity index (χ0) is 13.0. The highest BCUT2D eigenvalue weighted by atomic mass is 32.2. The second kappa shape index (κ2) is 5.93. The number of para-hydroxylation sites is 1. The van der Waals surface area contributed by atoms with Gasteiger partial charge in [-0.1, -0.05) is 26.0 Å². The van der Waals surface area contributed by atoms with Gasteiger partial charge in [0, 0.05) is 10.6 Å². The van der Waals surface area contributed by atoms with Crippen molar-refractivity contribution in [3.63, 3.8) is 0 Å². The molecule has 5 heteroatoms. The fourth-order valence-electron chi connectivity index (χ4n) is 1.47. The standard InChI is InChI=1S/C12H19N3OS/c1-7(2)11(12(16)15-14)17-9-6-4-5-8(3)10(9)13/h4-7,11H,13-14H2,1-3H3,(H,15,16). The van der Waals surface area contributed by atoms with Crippen molar-refractivity contribution in [2.75, 3.05) is 5.73 Å². The minimum Gasteiger partial charge on any atom is -0.398 e. The summed E-state index contributed by atoms with van der Waals surface area (Å²) >= 11 is 1.45. The Morgan fingerprint density at radius 3 is 2.59 bits per heavy atom. The molecule has 1 aromatic carbocycles. The van der Waals surface area contributed by atoms with E-state index < -0.39 is 0 Å². The molecule has 0 saturated heterocycles. The molecule has 0 bridgehead atoms. The van der Waals surface area contributed by atoms with Crippen LogP contribution in [0.5, 0.6) is 0 Å². The Hall–Kier alpha value is -1.20. The van der Waals surface area contributed by atoms with Crippen molar-refractivity contribution in [2.24, 2.45) is 11.8 Å². The van der Waals surface area contributed by atoms with E-state index in [2.05, 4.69) is 5.43 Å². The van der Waals surface area contributed by atoms with E-state index in [0.29, 0.717) is 0 Å². The average molecular weight is 253 g/mol. The summed E-state index contributed by atoms with van der Waals surface area (Å²) in [6, 6.07) is 5.81. The number of amides is 1. The second-order valence-corrected chi connectivity index (χ2v) is 5.46. The molecule has 0 aromatic heterocycles. The van der Waals surface area contributed by atoms with Gasteiger partial charge in [0.25, 0.3) is 0 Å². The van der Waals surface area contributed by atoms with Crippen molar-refractivity contribution < 1.29 is 4.79 Å². The molecule has 0 aliphatic heterocycles. The molecule has 0 aliphatic carbocycles. The van der Waals surface area contributed by atoms with E-state index >= 15 is 0 Å². The van der Waals surface area contributed by atoms with E-state index in [9.17, 15) is 4.79 Å². The minimum atomic E-state index is -0.232. The molecule has 17 heavy (non-hydrogen) atoms. The Labute approximate surface area is 106 Å². The van der Waals surface area contributed by atoms with E-state index in [1.165, 1.54) is 11.8 Å². The van der Waals surface area contributed by atoms with Crippen LogP contribution in [0.3, 0.4) is 0 Å². The first-order valence-electron chi connectivity index (χ1n) is 5.49. The van der Waals surface area contributed by atoms with Crippen molar-refractivity contribution in [3.05, 3.63) is 23.8 Å². The number of rotatable bonds is 4. The van der Waals surface area contributed by atoms with Crippen molar-refractivity contribution in [3.8, 4) is 0 Å². The van der Waals surface area contributed by atoms with Gasteiger partial charge in [-0.15, -0.1) is 11.8 Å². The number of nitrogens with two attached hydrogens (primary N) is 2. The molecule has 1 rings (SSSR count). The van der Waals surface area contributed by atoms with E-state index in [1.807, 2.05) is 39.0 Å². The van der Waals surface area contributed by atoms with Crippen LogP contribution in [0.1, 0.15) is 19.4 Å². The van der Waals surface area contributed by atoms with Crippen LogP contribution in [0, 0.1) is 12.8 Å². The van der Waals surface area contributed by atoms with Gasteiger partial charge in [0.1, 0.15) is 0 Å². The molecule has 1 aromatic rings. The van der Waals surface area contributed by atoms with Gasteiger partial charge in [0.05, 0.1) is 5.25 Å². The Morgan fingerprint density at radius 1 is 1.41 bits per heavy atom. The number of aryl methyl sites for hydroxylation is 1. The van der Waals surface area contributed by atoms with Crippen molar-refractivity contribution in [2.45, 2.75) is 30.9 Å². The minimum absolute atomic E-state index is 0.175. The van der Waals surface area contributed by atoms with Crippen molar-refractivity contribution in [1.82, 2.24) is 5.43 Å². The molecular weight excluding hydrogens is 234 g/mol. The fourth-order valence-corrected chi connectivity index (χ4v) is 2.63. The molecule has 1 unspecified atom stereocenters. The molecule has 94 valence electrons. The SMILES string of the molecule is Cc1cccc(SC(C(=O)NN)C(C)C)c1N. The normalized spacial score (nSPS) is 12.5. The molecule has 0 fully saturated rings. The molecule has 0 radical (unpaired) electrons. The van der Waals surface area contributed by atoms with Crippen molar-refractivity contribution >= 4 is 23.4 Å². The van der Waals surface area contributed by atoms with Gasteiger partial charge in [0.2, 0.25) is 5.91 Å². The summed E-state index contributed by atoms with van der Waals surface area (Å²) in [4.78, 5) is 12.6. The second-order valence-electron chi connectivity index (χ2n) is 4.28. The van der Waals surface area contributed by atoms with Crippen LogP contribution in [0.25, 0.3) is 0 Å². The molecule has 5 N–H and O–H groups in total. The number of thioether (sulfide) groups is 1. The van der Waals surface area contributed by atoms with E-state index in [0.717, 1.165) is 16.1 Å². The molecule has 0 saturated carbocycles. The number of anilines is 1. The summed E-state index contributed by atoms with van der Waals surface area (Å²) < 4.78 is 0. The van der Waals surface area contributed by atoms with Gasteiger partial charge in [-0.25, -0.2) is 5.84 Å². The summed E-state index contributed by atoms with van der Waals surface area (Å²) in [6.45, 7) is 5.92. The highest BCUT2D eigenvalue weighted by molar-refractivity contribution is 8.00. The third-order valence-corrected chi connectivity index (χ3v) is 4.17. The lowest BCUT2D eigenvalue weighted by molar-refractivity contribution is -0.121. The van der Waals surface area contributed by atoms with E-state index in [4.69, 9.17) is 11.6 Å².